The molecule has 0 N–H and O–H groups in total. The average Bonchev–Trinajstić information content (AvgIpc) is 3.71. The summed E-state index contributed by atoms with van der Waals surface area (Å²) in [6, 6.07) is 11.9. The van der Waals surface area contributed by atoms with Crippen LogP contribution in [0.15, 0.2) is 42.5 Å². The largest absolute Gasteiger partial charge is 0.467 e. The van der Waals surface area contributed by atoms with Crippen molar-refractivity contribution in [2.45, 2.75) is 83.8 Å². The van der Waals surface area contributed by atoms with Gasteiger partial charge in [-0.1, -0.05) is 24.3 Å². The van der Waals surface area contributed by atoms with Gasteiger partial charge >= 0.3 is 29.8 Å². The Kier molecular flexibility index (Phi) is 11.5. The maximum Gasteiger partial charge on any atom is 0.348 e. The van der Waals surface area contributed by atoms with Crippen LogP contribution >= 0.6 is 22.9 Å². The number of ether oxygens (including phenoxy) is 7. The number of benzene rings is 2. The van der Waals surface area contributed by atoms with E-state index in [1.807, 2.05) is 6.07 Å². The Morgan fingerprint density at radius 1 is 0.865 bits per heavy atom. The number of halogens is 1. The number of hydrogen-bond acceptors (Lipinski definition) is 14. The lowest BCUT2D eigenvalue weighted by molar-refractivity contribution is -0.282. The number of nitrogens with zero attached hydrogens (tertiary/aromatic N) is 1. The number of carbonyl (C=O) groups excluding carboxylic acids is 6. The molecule has 2 aliphatic heterocycles. The van der Waals surface area contributed by atoms with Gasteiger partial charge in [0, 0.05) is 50.6 Å². The Morgan fingerprint density at radius 2 is 1.46 bits per heavy atom. The van der Waals surface area contributed by atoms with E-state index in [1.165, 1.54) is 11.0 Å². The molecule has 3 aromatic rings. The number of esters is 5. The van der Waals surface area contributed by atoms with Crippen LogP contribution in [0.3, 0.4) is 0 Å². The summed E-state index contributed by atoms with van der Waals surface area (Å²) in [6.45, 7) is 8.73. The second-order valence-electron chi connectivity index (χ2n) is 13.1. The molecular formula is C36H38ClNO13S. The van der Waals surface area contributed by atoms with E-state index < -0.39 is 72.1 Å². The molecule has 16 heteroatoms. The van der Waals surface area contributed by atoms with E-state index in [9.17, 15) is 28.8 Å². The zero-order valence-corrected chi connectivity index (χ0v) is 31.0. The van der Waals surface area contributed by atoms with Gasteiger partial charge in [0.2, 0.25) is 12.4 Å². The van der Waals surface area contributed by atoms with Crippen molar-refractivity contribution in [3.8, 4) is 5.75 Å². The standard InChI is InChI=1S/C36H38ClNO13S/c1-17(39)46-28-29(47-18(2)40)31(48-19(3)41)35(50-30(28)34(44)45-7)49-24-14-23-27(22-11-9-8-10-21(22)24)20(15-37)16-38(23)32(42)25-12-13-26(52-25)33(43)51-36(4,5)6/h8-14,20,28-31,35H,15-16H2,1-7H3/t20-,28+,29+,30+,31-,35-/m1/s1. The minimum atomic E-state index is -1.67. The van der Waals surface area contributed by atoms with Gasteiger partial charge in [-0.15, -0.1) is 22.9 Å². The third kappa shape index (κ3) is 8.16. The Morgan fingerprint density at radius 3 is 2.06 bits per heavy atom. The summed E-state index contributed by atoms with van der Waals surface area (Å²) in [5, 5.41) is 1.25. The minimum absolute atomic E-state index is 0.140. The monoisotopic (exact) mass is 759 g/mol. The van der Waals surface area contributed by atoms with Crippen LogP contribution in [0.25, 0.3) is 10.8 Å². The van der Waals surface area contributed by atoms with Crippen LogP contribution in [0, 0.1) is 0 Å². The highest BCUT2D eigenvalue weighted by Gasteiger charge is 2.56. The van der Waals surface area contributed by atoms with Gasteiger partial charge in [0.1, 0.15) is 16.2 Å². The highest BCUT2D eigenvalue weighted by Crippen LogP contribution is 2.47. The zero-order chi connectivity index (χ0) is 38.1. The highest BCUT2D eigenvalue weighted by molar-refractivity contribution is 7.16. The first kappa shape index (κ1) is 38.5. The Balaban J connectivity index is 1.60. The second kappa shape index (κ2) is 15.5. The predicted octanol–water partition coefficient (Wildman–Crippen LogP) is 4.91. The Bertz CT molecular complexity index is 1900. The number of thiophene rings is 1. The maximum absolute atomic E-state index is 14.1. The lowest BCUT2D eigenvalue weighted by Gasteiger charge is -2.43. The topological polar surface area (TPSA) is 170 Å². The third-order valence-corrected chi connectivity index (χ3v) is 9.48. The Hall–Kier alpha value is -4.73. The van der Waals surface area contributed by atoms with Gasteiger partial charge < -0.3 is 38.1 Å². The second-order valence-corrected chi connectivity index (χ2v) is 14.5. The molecule has 5 rings (SSSR count). The van der Waals surface area contributed by atoms with E-state index >= 15 is 0 Å². The van der Waals surface area contributed by atoms with E-state index in [4.69, 9.17) is 44.8 Å². The van der Waals surface area contributed by atoms with E-state index in [2.05, 4.69) is 0 Å². The molecule has 0 spiro atoms. The quantitative estimate of drug-likeness (QED) is 0.164. The molecule has 14 nitrogen and oxygen atoms in total. The molecule has 0 bridgehead atoms. The van der Waals surface area contributed by atoms with Gasteiger partial charge in [-0.25, -0.2) is 9.59 Å². The fourth-order valence-electron chi connectivity index (χ4n) is 6.15. The molecule has 0 aliphatic carbocycles. The number of amides is 1. The summed E-state index contributed by atoms with van der Waals surface area (Å²) in [5.74, 6) is -4.40. The van der Waals surface area contributed by atoms with Gasteiger partial charge in [-0.3, -0.25) is 19.2 Å². The van der Waals surface area contributed by atoms with Crippen molar-refractivity contribution in [1.82, 2.24) is 0 Å². The van der Waals surface area contributed by atoms with Crippen LogP contribution in [-0.4, -0.2) is 91.6 Å². The third-order valence-electron chi connectivity index (χ3n) is 8.05. The number of rotatable bonds is 9. The zero-order valence-electron chi connectivity index (χ0n) is 29.5. The maximum atomic E-state index is 14.1. The van der Waals surface area contributed by atoms with Crippen LogP contribution in [-0.2, 0) is 47.6 Å². The van der Waals surface area contributed by atoms with Crippen LogP contribution < -0.4 is 9.64 Å². The molecule has 1 aromatic heterocycles. The number of fused-ring (bicyclic) bond motifs is 3. The normalized spacial score (nSPS) is 22.6. The van der Waals surface area contributed by atoms with Crippen molar-refractivity contribution in [2.24, 2.45) is 0 Å². The molecule has 1 fully saturated rings. The molecule has 278 valence electrons. The average molecular weight is 760 g/mol. The molecule has 1 saturated heterocycles. The summed E-state index contributed by atoms with van der Waals surface area (Å²) < 4.78 is 39.2. The van der Waals surface area contributed by atoms with Crippen molar-refractivity contribution >= 4 is 75.2 Å². The van der Waals surface area contributed by atoms with Crippen molar-refractivity contribution < 1.29 is 61.9 Å². The first-order valence-electron chi connectivity index (χ1n) is 16.2. The molecule has 0 unspecified atom stereocenters. The fourth-order valence-corrected chi connectivity index (χ4v) is 7.24. The first-order valence-corrected chi connectivity index (χ1v) is 17.6. The molecule has 0 saturated carbocycles. The van der Waals surface area contributed by atoms with Crippen LogP contribution in [0.2, 0.25) is 0 Å². The van der Waals surface area contributed by atoms with Crippen molar-refractivity contribution in [2.75, 3.05) is 24.4 Å². The highest BCUT2D eigenvalue weighted by atomic mass is 35.5. The molecule has 2 aliphatic rings. The Labute approximate surface area is 308 Å². The lowest BCUT2D eigenvalue weighted by atomic mass is 9.95. The summed E-state index contributed by atoms with van der Waals surface area (Å²) in [5.41, 5.74) is 0.503. The minimum Gasteiger partial charge on any atom is -0.467 e. The number of carbonyl (C=O) groups is 6. The molecule has 1 amide bonds. The van der Waals surface area contributed by atoms with Crippen molar-refractivity contribution in [3.63, 3.8) is 0 Å². The first-order chi connectivity index (χ1) is 24.5. The molecule has 52 heavy (non-hydrogen) atoms. The predicted molar refractivity (Wildman–Crippen MR) is 187 cm³/mol. The SMILES string of the molecule is COC(=O)[C@H]1O[C@@H](Oc2cc3c(c4ccccc24)[C@H](CCl)CN3C(=O)c2ccc(C(=O)OC(C)(C)C)s2)[C@H](OC(C)=O)[C@@H](OC(C)=O)[C@@H]1OC(C)=O. The summed E-state index contributed by atoms with van der Waals surface area (Å²) in [6.07, 6.45) is -8.00. The van der Waals surface area contributed by atoms with Crippen molar-refractivity contribution in [1.29, 1.82) is 0 Å². The summed E-state index contributed by atoms with van der Waals surface area (Å²) >= 11 is 7.47. The molecular weight excluding hydrogens is 722 g/mol. The number of anilines is 1. The summed E-state index contributed by atoms with van der Waals surface area (Å²) in [4.78, 5) is 78.7. The van der Waals surface area contributed by atoms with E-state index in [-0.39, 0.29) is 33.8 Å². The van der Waals surface area contributed by atoms with Crippen LogP contribution in [0.4, 0.5) is 5.69 Å². The van der Waals surface area contributed by atoms with E-state index in [0.29, 0.717) is 16.5 Å². The van der Waals surface area contributed by atoms with Gasteiger partial charge in [0.15, 0.2) is 18.3 Å². The number of alkyl halides is 1. The molecule has 0 radical (unpaired) electrons. The van der Waals surface area contributed by atoms with Crippen LogP contribution in [0.1, 0.15) is 72.4 Å². The van der Waals surface area contributed by atoms with Gasteiger partial charge in [-0.2, -0.15) is 0 Å². The number of hydrogen-bond donors (Lipinski definition) is 0. The molecule has 2 aromatic carbocycles. The summed E-state index contributed by atoms with van der Waals surface area (Å²) in [7, 11) is 1.09. The van der Waals surface area contributed by atoms with E-state index in [1.54, 1.807) is 51.1 Å². The molecule has 6 atom stereocenters. The fraction of sp³-hybridized carbons (Fsp3) is 0.444. The van der Waals surface area contributed by atoms with Gasteiger partial charge in [-0.05, 0) is 43.9 Å². The van der Waals surface area contributed by atoms with Crippen LogP contribution in [0.5, 0.6) is 5.75 Å². The smallest absolute Gasteiger partial charge is 0.348 e. The van der Waals surface area contributed by atoms with Gasteiger partial charge in [0.25, 0.3) is 5.91 Å². The number of methoxy groups -OCH3 is 1. The van der Waals surface area contributed by atoms with E-state index in [0.717, 1.165) is 44.8 Å². The lowest BCUT2D eigenvalue weighted by Crippen LogP contribution is -2.64. The van der Waals surface area contributed by atoms with Crippen molar-refractivity contribution in [3.05, 3.63) is 57.8 Å². The molecule has 3 heterocycles. The van der Waals surface area contributed by atoms with Gasteiger partial charge in [0.05, 0.1) is 17.7 Å².